The van der Waals surface area contributed by atoms with E-state index < -0.39 is 0 Å². The lowest BCUT2D eigenvalue weighted by atomic mass is 9.90. The minimum Gasteiger partial charge on any atom is -0.467 e. The van der Waals surface area contributed by atoms with E-state index in [2.05, 4.69) is 29.6 Å². The van der Waals surface area contributed by atoms with Gasteiger partial charge in [0.15, 0.2) is 0 Å². The molecule has 3 rings (SSSR count). The summed E-state index contributed by atoms with van der Waals surface area (Å²) in [4.78, 5) is 14.3. The van der Waals surface area contributed by atoms with Crippen LogP contribution in [0.15, 0.2) is 64.9 Å². The van der Waals surface area contributed by atoms with Crippen LogP contribution < -0.4 is 5.32 Å². The topological polar surface area (TPSA) is 69.3 Å². The Hall–Kier alpha value is -3.00. The van der Waals surface area contributed by atoms with Crippen LogP contribution in [-0.4, -0.2) is 23.9 Å². The number of amides is 1. The van der Waals surface area contributed by atoms with E-state index in [0.29, 0.717) is 25.6 Å². The van der Waals surface area contributed by atoms with Crippen molar-refractivity contribution < 1.29 is 9.21 Å². The van der Waals surface area contributed by atoms with Crippen LogP contribution in [0.3, 0.4) is 0 Å². The summed E-state index contributed by atoms with van der Waals surface area (Å²) in [5.41, 5.74) is 1.48. The third-order valence-electron chi connectivity index (χ3n) is 4.72. The molecule has 1 amide bonds. The standard InChI is InChI=1S/C21H23N3O2/c22-14-19(15-23-16-20-7-4-12-26-20)21(25)24-10-8-18(9-11-24)13-17-5-2-1-3-6-17/h1-7,12,15,18,23H,8-11,13,16H2/b19-15-. The fourth-order valence-electron chi connectivity index (χ4n) is 3.27. The van der Waals surface area contributed by atoms with Gasteiger partial charge in [-0.25, -0.2) is 0 Å². The van der Waals surface area contributed by atoms with Gasteiger partial charge in [0.05, 0.1) is 12.8 Å². The predicted octanol–water partition coefficient (Wildman–Crippen LogP) is 3.26. The van der Waals surface area contributed by atoms with Crippen molar-refractivity contribution in [3.8, 4) is 6.07 Å². The zero-order chi connectivity index (χ0) is 18.2. The summed E-state index contributed by atoms with van der Waals surface area (Å²) in [6, 6.07) is 16.1. The Balaban J connectivity index is 1.49. The van der Waals surface area contributed by atoms with Crippen molar-refractivity contribution in [2.75, 3.05) is 13.1 Å². The molecule has 26 heavy (non-hydrogen) atoms. The summed E-state index contributed by atoms with van der Waals surface area (Å²) < 4.78 is 5.22. The number of carbonyl (C=O) groups is 1. The molecule has 1 saturated heterocycles. The maximum Gasteiger partial charge on any atom is 0.265 e. The minimum absolute atomic E-state index is 0.137. The van der Waals surface area contributed by atoms with Crippen LogP contribution in [0.5, 0.6) is 0 Å². The first-order chi connectivity index (χ1) is 12.8. The second kappa shape index (κ2) is 8.91. The lowest BCUT2D eigenvalue weighted by Gasteiger charge is -2.32. The summed E-state index contributed by atoms with van der Waals surface area (Å²) in [6.45, 7) is 1.85. The third-order valence-corrected chi connectivity index (χ3v) is 4.72. The molecule has 0 radical (unpaired) electrons. The lowest BCUT2D eigenvalue weighted by Crippen LogP contribution is -2.39. The Morgan fingerprint density at radius 3 is 2.65 bits per heavy atom. The van der Waals surface area contributed by atoms with Gasteiger partial charge in [-0.3, -0.25) is 4.79 Å². The Kier molecular flexibility index (Phi) is 6.10. The van der Waals surface area contributed by atoms with Gasteiger partial charge in [0.2, 0.25) is 0 Å². The highest BCUT2D eigenvalue weighted by Crippen LogP contribution is 2.22. The number of rotatable bonds is 6. The Morgan fingerprint density at radius 1 is 1.23 bits per heavy atom. The van der Waals surface area contributed by atoms with Crippen LogP contribution in [0.2, 0.25) is 0 Å². The Bertz CT molecular complexity index is 767. The summed E-state index contributed by atoms with van der Waals surface area (Å²) in [6.07, 6.45) is 6.07. The molecular weight excluding hydrogens is 326 g/mol. The smallest absolute Gasteiger partial charge is 0.265 e. The highest BCUT2D eigenvalue weighted by atomic mass is 16.3. The van der Waals surface area contributed by atoms with Crippen LogP contribution in [0.4, 0.5) is 0 Å². The van der Waals surface area contributed by atoms with Crippen molar-refractivity contribution in [1.29, 1.82) is 5.26 Å². The van der Waals surface area contributed by atoms with Gasteiger partial charge in [-0.15, -0.1) is 0 Å². The normalized spacial score (nSPS) is 15.5. The van der Waals surface area contributed by atoms with Crippen LogP contribution in [0.25, 0.3) is 0 Å². The largest absolute Gasteiger partial charge is 0.467 e. The number of furan rings is 1. The van der Waals surface area contributed by atoms with E-state index in [1.165, 1.54) is 11.8 Å². The van der Waals surface area contributed by atoms with Crippen LogP contribution in [0, 0.1) is 17.2 Å². The summed E-state index contributed by atoms with van der Waals surface area (Å²) in [5, 5.41) is 12.3. The van der Waals surface area contributed by atoms with E-state index in [4.69, 9.17) is 4.42 Å². The van der Waals surface area contributed by atoms with E-state index in [9.17, 15) is 10.1 Å². The van der Waals surface area contributed by atoms with Crippen molar-refractivity contribution in [3.05, 3.63) is 71.8 Å². The van der Waals surface area contributed by atoms with Crippen molar-refractivity contribution >= 4 is 5.91 Å². The molecule has 0 atom stereocenters. The third kappa shape index (κ3) is 4.76. The molecule has 0 bridgehead atoms. The highest BCUT2D eigenvalue weighted by Gasteiger charge is 2.25. The number of nitrogens with zero attached hydrogens (tertiary/aromatic N) is 2. The van der Waals surface area contributed by atoms with Crippen molar-refractivity contribution in [1.82, 2.24) is 10.2 Å². The summed E-state index contributed by atoms with van der Waals surface area (Å²) in [7, 11) is 0. The molecule has 1 aliphatic rings. The molecule has 1 aliphatic heterocycles. The molecule has 1 aromatic carbocycles. The molecule has 5 heteroatoms. The number of hydrogen-bond donors (Lipinski definition) is 1. The van der Waals surface area contributed by atoms with Gasteiger partial charge in [-0.05, 0) is 42.9 Å². The fourth-order valence-corrected chi connectivity index (χ4v) is 3.27. The first kappa shape index (κ1) is 17.8. The van der Waals surface area contributed by atoms with Gasteiger partial charge < -0.3 is 14.6 Å². The second-order valence-electron chi connectivity index (χ2n) is 6.56. The quantitative estimate of drug-likeness (QED) is 0.642. The molecule has 5 nitrogen and oxygen atoms in total. The van der Waals surface area contributed by atoms with Crippen LogP contribution >= 0.6 is 0 Å². The molecule has 1 N–H and O–H groups in total. The van der Waals surface area contributed by atoms with Crippen LogP contribution in [0.1, 0.15) is 24.2 Å². The molecule has 0 saturated carbocycles. The molecular formula is C21H23N3O2. The number of carbonyl (C=O) groups excluding carboxylic acids is 1. The van der Waals surface area contributed by atoms with Crippen molar-refractivity contribution in [2.24, 2.45) is 5.92 Å². The monoisotopic (exact) mass is 349 g/mol. The van der Waals surface area contributed by atoms with Gasteiger partial charge in [0.25, 0.3) is 5.91 Å². The molecule has 0 aliphatic carbocycles. The predicted molar refractivity (Wildman–Crippen MR) is 98.7 cm³/mol. The van der Waals surface area contributed by atoms with Gasteiger partial charge >= 0.3 is 0 Å². The fraction of sp³-hybridized carbons (Fsp3) is 0.333. The summed E-state index contributed by atoms with van der Waals surface area (Å²) in [5.74, 6) is 1.15. The number of nitrogens with one attached hydrogen (secondary N) is 1. The maximum atomic E-state index is 12.6. The average molecular weight is 349 g/mol. The Morgan fingerprint density at radius 2 is 2.00 bits per heavy atom. The van der Waals surface area contributed by atoms with E-state index in [1.807, 2.05) is 18.2 Å². The van der Waals surface area contributed by atoms with Gasteiger partial charge in [-0.2, -0.15) is 5.26 Å². The number of piperidine rings is 1. The van der Waals surface area contributed by atoms with E-state index in [1.54, 1.807) is 17.2 Å². The first-order valence-electron chi connectivity index (χ1n) is 8.95. The molecule has 2 aromatic rings. The van der Waals surface area contributed by atoms with Crippen molar-refractivity contribution in [3.63, 3.8) is 0 Å². The van der Waals surface area contributed by atoms with Gasteiger partial charge in [0, 0.05) is 19.3 Å². The molecule has 0 spiro atoms. The van der Waals surface area contributed by atoms with Gasteiger partial charge in [0.1, 0.15) is 17.4 Å². The van der Waals surface area contributed by atoms with Crippen LogP contribution in [-0.2, 0) is 17.8 Å². The number of hydrogen-bond acceptors (Lipinski definition) is 4. The Labute approximate surface area is 153 Å². The minimum atomic E-state index is -0.197. The average Bonchev–Trinajstić information content (AvgIpc) is 3.20. The number of likely N-dealkylation sites (tertiary alicyclic amines) is 1. The van der Waals surface area contributed by atoms with Crippen molar-refractivity contribution in [2.45, 2.75) is 25.8 Å². The highest BCUT2D eigenvalue weighted by molar-refractivity contribution is 5.97. The van der Waals surface area contributed by atoms with E-state index in [0.717, 1.165) is 25.0 Å². The lowest BCUT2D eigenvalue weighted by molar-refractivity contribution is -0.128. The zero-order valence-corrected chi connectivity index (χ0v) is 14.7. The first-order valence-corrected chi connectivity index (χ1v) is 8.95. The summed E-state index contributed by atoms with van der Waals surface area (Å²) >= 11 is 0. The van der Waals surface area contributed by atoms with Gasteiger partial charge in [-0.1, -0.05) is 30.3 Å². The number of benzene rings is 1. The maximum absolute atomic E-state index is 12.6. The zero-order valence-electron chi connectivity index (χ0n) is 14.7. The second-order valence-corrected chi connectivity index (χ2v) is 6.56. The number of nitriles is 1. The molecule has 0 unspecified atom stereocenters. The SMILES string of the molecule is N#C/C(=C/NCc1ccco1)C(=O)N1CCC(Cc2ccccc2)CC1. The molecule has 1 fully saturated rings. The van der Waals surface area contributed by atoms with E-state index in [-0.39, 0.29) is 11.5 Å². The molecule has 2 heterocycles. The molecule has 134 valence electrons. The molecule has 1 aromatic heterocycles. The van der Waals surface area contributed by atoms with E-state index >= 15 is 0 Å².